The second-order valence-corrected chi connectivity index (χ2v) is 10.8. The fourth-order valence-electron chi connectivity index (χ4n) is 5.15. The van der Waals surface area contributed by atoms with Gasteiger partial charge in [0.2, 0.25) is 11.8 Å². The smallest absolute Gasteiger partial charge is 0.223 e. The first-order valence-corrected chi connectivity index (χ1v) is 13.2. The molecule has 0 aliphatic heterocycles. The summed E-state index contributed by atoms with van der Waals surface area (Å²) in [4.78, 5) is 29.5. The van der Waals surface area contributed by atoms with Gasteiger partial charge in [-0.3, -0.25) is 9.59 Å². The largest absolute Gasteiger partial charge is 0.353 e. The Morgan fingerprint density at radius 2 is 1.94 bits per heavy atom. The average molecular weight is 530 g/mol. The molecular formula is C28H30Cl2FN3O2. The molecule has 1 aromatic heterocycles. The lowest BCUT2D eigenvalue weighted by Crippen LogP contribution is -2.51. The zero-order chi connectivity index (χ0) is 25.7. The Morgan fingerprint density at radius 3 is 2.64 bits per heavy atom. The van der Waals surface area contributed by atoms with E-state index in [1.807, 2.05) is 18.2 Å². The van der Waals surface area contributed by atoms with Gasteiger partial charge in [0.05, 0.1) is 16.1 Å². The zero-order valence-electron chi connectivity index (χ0n) is 20.3. The molecule has 1 aromatic carbocycles. The summed E-state index contributed by atoms with van der Waals surface area (Å²) in [6.45, 7) is 2.07. The molecular weight excluding hydrogens is 500 g/mol. The molecule has 0 bridgehead atoms. The van der Waals surface area contributed by atoms with Crippen LogP contribution < -0.4 is 10.6 Å². The lowest BCUT2D eigenvalue weighted by Gasteiger charge is -2.40. The van der Waals surface area contributed by atoms with Gasteiger partial charge in [-0.25, -0.2) is 9.37 Å². The van der Waals surface area contributed by atoms with Gasteiger partial charge < -0.3 is 10.6 Å². The minimum atomic E-state index is -0.565. The molecule has 0 radical (unpaired) electrons. The third-order valence-corrected chi connectivity index (χ3v) is 8.15. The number of rotatable bonds is 7. The minimum absolute atomic E-state index is 0.0518. The van der Waals surface area contributed by atoms with E-state index in [9.17, 15) is 14.0 Å². The molecule has 36 heavy (non-hydrogen) atoms. The van der Waals surface area contributed by atoms with Crippen molar-refractivity contribution in [1.82, 2.24) is 15.6 Å². The van der Waals surface area contributed by atoms with Crippen LogP contribution in [-0.2, 0) is 9.59 Å². The number of hydrogen-bond acceptors (Lipinski definition) is 3. The first kappa shape index (κ1) is 26.4. The van der Waals surface area contributed by atoms with E-state index in [0.29, 0.717) is 31.4 Å². The van der Waals surface area contributed by atoms with Crippen LogP contribution in [0, 0.1) is 29.0 Å². The summed E-state index contributed by atoms with van der Waals surface area (Å²) in [5.41, 5.74) is 0.630. The Kier molecular flexibility index (Phi) is 8.54. The van der Waals surface area contributed by atoms with Crippen LogP contribution in [0.25, 0.3) is 0 Å². The molecule has 1 atom stereocenters. The Balaban J connectivity index is 1.31. The van der Waals surface area contributed by atoms with Crippen molar-refractivity contribution < 1.29 is 14.0 Å². The maximum atomic E-state index is 14.9. The van der Waals surface area contributed by atoms with Gasteiger partial charge >= 0.3 is 0 Å². The predicted molar refractivity (Wildman–Crippen MR) is 139 cm³/mol. The minimum Gasteiger partial charge on any atom is -0.353 e. The maximum Gasteiger partial charge on any atom is 0.223 e. The quantitative estimate of drug-likeness (QED) is 0.341. The molecule has 1 heterocycles. The number of pyridine rings is 1. The number of nitrogens with one attached hydrogen (secondary N) is 2. The Bertz CT molecular complexity index is 1170. The number of aromatic nitrogens is 1. The van der Waals surface area contributed by atoms with Crippen LogP contribution >= 0.6 is 23.2 Å². The number of hydrogen-bond donors (Lipinski definition) is 2. The van der Waals surface area contributed by atoms with Crippen molar-refractivity contribution in [3.05, 3.63) is 63.6 Å². The molecule has 8 heteroatoms. The van der Waals surface area contributed by atoms with E-state index in [-0.39, 0.29) is 44.8 Å². The summed E-state index contributed by atoms with van der Waals surface area (Å²) in [5, 5.41) is 6.49. The second kappa shape index (κ2) is 11.6. The summed E-state index contributed by atoms with van der Waals surface area (Å²) in [6.07, 6.45) is 7.28. The van der Waals surface area contributed by atoms with Gasteiger partial charge in [0, 0.05) is 36.6 Å². The molecule has 2 fully saturated rings. The van der Waals surface area contributed by atoms with Crippen LogP contribution in [0.1, 0.15) is 75.6 Å². The normalized spacial score (nSPS) is 21.0. The van der Waals surface area contributed by atoms with Crippen molar-refractivity contribution in [2.45, 2.75) is 70.4 Å². The first-order chi connectivity index (χ1) is 17.3. The summed E-state index contributed by atoms with van der Waals surface area (Å²) >= 11 is 12.6. The summed E-state index contributed by atoms with van der Waals surface area (Å²) in [6, 6.07) is 7.62. The van der Waals surface area contributed by atoms with Crippen LogP contribution in [0.5, 0.6) is 0 Å². The Labute approximate surface area is 221 Å². The molecule has 0 saturated heterocycles. The molecule has 4 rings (SSSR count). The van der Waals surface area contributed by atoms with Gasteiger partial charge in [-0.15, -0.1) is 0 Å². The predicted octanol–water partition coefficient (Wildman–Crippen LogP) is 5.99. The molecule has 190 valence electrons. The van der Waals surface area contributed by atoms with Gasteiger partial charge in [-0.05, 0) is 61.3 Å². The summed E-state index contributed by atoms with van der Waals surface area (Å²) in [5.74, 6) is 4.96. The van der Waals surface area contributed by atoms with Crippen LogP contribution in [0.2, 0.25) is 10.0 Å². The number of halogens is 3. The number of carbonyl (C=O) groups excluding carboxylic acids is 2. The maximum absolute atomic E-state index is 14.9. The molecule has 2 aliphatic rings. The van der Waals surface area contributed by atoms with Crippen LogP contribution in [0.4, 0.5) is 4.39 Å². The van der Waals surface area contributed by atoms with Gasteiger partial charge in [0.15, 0.2) is 0 Å². The second-order valence-electron chi connectivity index (χ2n) is 10.0. The van der Waals surface area contributed by atoms with Crippen molar-refractivity contribution in [2.75, 3.05) is 0 Å². The molecule has 2 aromatic rings. The highest BCUT2D eigenvalue weighted by Crippen LogP contribution is 2.50. The van der Waals surface area contributed by atoms with E-state index in [0.717, 1.165) is 25.7 Å². The summed E-state index contributed by atoms with van der Waals surface area (Å²) < 4.78 is 14.9. The van der Waals surface area contributed by atoms with Gasteiger partial charge in [0.1, 0.15) is 11.5 Å². The highest BCUT2D eigenvalue weighted by molar-refractivity contribution is 6.42. The van der Waals surface area contributed by atoms with Crippen molar-refractivity contribution in [3.8, 4) is 11.8 Å². The number of amides is 2. The third kappa shape index (κ3) is 6.19. The van der Waals surface area contributed by atoms with E-state index in [2.05, 4.69) is 34.4 Å². The lowest BCUT2D eigenvalue weighted by molar-refractivity contribution is -0.132. The molecule has 2 aliphatic carbocycles. The van der Waals surface area contributed by atoms with E-state index >= 15 is 0 Å². The van der Waals surface area contributed by atoms with Gasteiger partial charge in [-0.1, -0.05) is 55.0 Å². The van der Waals surface area contributed by atoms with Crippen molar-refractivity contribution in [3.63, 3.8) is 0 Å². The first-order valence-electron chi connectivity index (χ1n) is 12.4. The van der Waals surface area contributed by atoms with E-state index < -0.39 is 11.9 Å². The monoisotopic (exact) mass is 529 g/mol. The number of nitrogens with zero attached hydrogens (tertiary/aromatic N) is 1. The SMILES string of the molecule is CC1([C@H](NC(=O)C2CC(NC(=O)CCC#Cc3ccccn3)C2)c2c(F)ccc(Cl)c2Cl)CCCC1. The molecule has 2 N–H and O–H groups in total. The van der Waals surface area contributed by atoms with E-state index in [1.54, 1.807) is 6.20 Å². The third-order valence-electron chi connectivity index (χ3n) is 7.33. The number of carbonyl (C=O) groups is 2. The van der Waals surface area contributed by atoms with Crippen LogP contribution in [0.15, 0.2) is 36.5 Å². The molecule has 0 spiro atoms. The molecule has 2 saturated carbocycles. The lowest BCUT2D eigenvalue weighted by atomic mass is 9.75. The molecule has 2 amide bonds. The molecule has 5 nitrogen and oxygen atoms in total. The Morgan fingerprint density at radius 1 is 1.19 bits per heavy atom. The van der Waals surface area contributed by atoms with Gasteiger partial charge in [-0.2, -0.15) is 0 Å². The highest BCUT2D eigenvalue weighted by atomic mass is 35.5. The topological polar surface area (TPSA) is 71.1 Å². The van der Waals surface area contributed by atoms with Crippen molar-refractivity contribution in [2.24, 2.45) is 11.3 Å². The van der Waals surface area contributed by atoms with Gasteiger partial charge in [0.25, 0.3) is 0 Å². The fraction of sp³-hybridized carbons (Fsp3) is 0.464. The molecule has 0 unspecified atom stereocenters. The fourth-order valence-corrected chi connectivity index (χ4v) is 5.58. The van der Waals surface area contributed by atoms with Crippen LogP contribution in [0.3, 0.4) is 0 Å². The summed E-state index contributed by atoms with van der Waals surface area (Å²) in [7, 11) is 0. The Hall–Kier alpha value is -2.62. The van der Waals surface area contributed by atoms with Crippen molar-refractivity contribution >= 4 is 35.0 Å². The standard InChI is InChI=1S/C28H30Cl2FN3O2/c1-28(13-5-6-14-28)26(24-22(31)12-11-21(29)25(24)30)34-27(36)18-16-20(17-18)33-23(35)10-3-2-8-19-9-4-7-15-32-19/h4,7,9,11-12,15,18,20,26H,3,5-6,10,13-14,16-17H2,1H3,(H,33,35)(H,34,36)/t18?,20?,26-/m1/s1. The number of benzene rings is 1. The average Bonchev–Trinajstić information content (AvgIpc) is 3.29. The van der Waals surface area contributed by atoms with Crippen molar-refractivity contribution in [1.29, 1.82) is 0 Å². The zero-order valence-corrected chi connectivity index (χ0v) is 21.8. The van der Waals surface area contributed by atoms with E-state index in [4.69, 9.17) is 23.2 Å². The van der Waals surface area contributed by atoms with E-state index in [1.165, 1.54) is 12.1 Å². The highest BCUT2D eigenvalue weighted by Gasteiger charge is 2.43. The van der Waals surface area contributed by atoms with Crippen LogP contribution in [-0.4, -0.2) is 22.8 Å².